The molecule has 1 saturated heterocycles. The Morgan fingerprint density at radius 2 is 2.10 bits per heavy atom. The van der Waals surface area contributed by atoms with Crippen LogP contribution in [-0.2, 0) is 0 Å². The molecular formula is C14H16N6. The van der Waals surface area contributed by atoms with Crippen LogP contribution in [0.3, 0.4) is 0 Å². The molecule has 6 heteroatoms. The van der Waals surface area contributed by atoms with Crippen LogP contribution < -0.4 is 10.6 Å². The smallest absolute Gasteiger partial charge is 0.145 e. The summed E-state index contributed by atoms with van der Waals surface area (Å²) in [5.41, 5.74) is 7.26. The van der Waals surface area contributed by atoms with Crippen LogP contribution in [-0.4, -0.2) is 27.9 Å². The van der Waals surface area contributed by atoms with Crippen LogP contribution in [0.15, 0.2) is 30.7 Å². The average Bonchev–Trinajstić information content (AvgIpc) is 2.94. The minimum atomic E-state index is 0.380. The fourth-order valence-corrected chi connectivity index (χ4v) is 2.66. The van der Waals surface area contributed by atoms with Crippen molar-refractivity contribution in [3.63, 3.8) is 0 Å². The highest BCUT2D eigenvalue weighted by Gasteiger charge is 2.22. The summed E-state index contributed by atoms with van der Waals surface area (Å²) < 4.78 is 1.95. The molecule has 20 heavy (non-hydrogen) atoms. The number of aromatic nitrogens is 3. The third-order valence-electron chi connectivity index (χ3n) is 3.73. The molecular weight excluding hydrogens is 252 g/mol. The van der Waals surface area contributed by atoms with Gasteiger partial charge in [0.25, 0.3) is 0 Å². The van der Waals surface area contributed by atoms with Gasteiger partial charge in [-0.15, -0.1) is 0 Å². The molecule has 1 aliphatic rings. The summed E-state index contributed by atoms with van der Waals surface area (Å²) >= 11 is 0. The Morgan fingerprint density at radius 3 is 2.75 bits per heavy atom. The van der Waals surface area contributed by atoms with Gasteiger partial charge in [0.1, 0.15) is 11.9 Å². The Hall–Kier alpha value is -2.55. The van der Waals surface area contributed by atoms with Crippen molar-refractivity contribution in [2.24, 2.45) is 0 Å². The third kappa shape index (κ3) is 2.30. The molecule has 102 valence electrons. The maximum Gasteiger partial charge on any atom is 0.145 e. The van der Waals surface area contributed by atoms with Gasteiger partial charge in [-0.1, -0.05) is 0 Å². The van der Waals surface area contributed by atoms with Crippen LogP contribution in [0.1, 0.15) is 24.4 Å². The van der Waals surface area contributed by atoms with E-state index >= 15 is 0 Å². The summed E-state index contributed by atoms with van der Waals surface area (Å²) in [7, 11) is 0. The van der Waals surface area contributed by atoms with E-state index in [1.165, 1.54) is 0 Å². The second-order valence-electron chi connectivity index (χ2n) is 4.94. The predicted molar refractivity (Wildman–Crippen MR) is 76.1 cm³/mol. The fraction of sp³-hybridized carbons (Fsp3) is 0.357. The molecule has 3 rings (SSSR count). The average molecular weight is 268 g/mol. The molecule has 1 fully saturated rings. The summed E-state index contributed by atoms with van der Waals surface area (Å²) in [5.74, 6) is 0.562. The highest BCUT2D eigenvalue weighted by Crippen LogP contribution is 2.27. The predicted octanol–water partition coefficient (Wildman–Crippen LogP) is 1.57. The lowest BCUT2D eigenvalue weighted by Crippen LogP contribution is -2.35. The highest BCUT2D eigenvalue weighted by molar-refractivity contribution is 5.57. The summed E-state index contributed by atoms with van der Waals surface area (Å²) in [6.45, 7) is 1.79. The lowest BCUT2D eigenvalue weighted by Gasteiger charge is -2.33. The van der Waals surface area contributed by atoms with Gasteiger partial charge < -0.3 is 10.6 Å². The van der Waals surface area contributed by atoms with Crippen LogP contribution in [0.2, 0.25) is 0 Å². The Kier molecular flexibility index (Phi) is 3.25. The Bertz CT molecular complexity index is 633. The van der Waals surface area contributed by atoms with Gasteiger partial charge in [0.05, 0.1) is 23.5 Å². The van der Waals surface area contributed by atoms with Crippen molar-refractivity contribution in [1.29, 1.82) is 5.26 Å². The largest absolute Gasteiger partial charge is 0.382 e. The van der Waals surface area contributed by atoms with Gasteiger partial charge in [-0.3, -0.25) is 9.67 Å². The van der Waals surface area contributed by atoms with Gasteiger partial charge >= 0.3 is 0 Å². The normalized spacial score (nSPS) is 16.1. The third-order valence-corrected chi connectivity index (χ3v) is 3.73. The molecule has 6 nitrogen and oxygen atoms in total. The number of piperidine rings is 1. The number of nitrogens with zero attached hydrogens (tertiary/aromatic N) is 5. The SMILES string of the molecule is N#Cc1ccncc1N1CCC(n2ccc(N)n2)CC1. The summed E-state index contributed by atoms with van der Waals surface area (Å²) in [5, 5.41) is 13.4. The number of hydrogen-bond acceptors (Lipinski definition) is 5. The molecule has 0 amide bonds. The van der Waals surface area contributed by atoms with Crippen molar-refractivity contribution < 1.29 is 0 Å². The molecule has 0 radical (unpaired) electrons. The van der Waals surface area contributed by atoms with Gasteiger partial charge in [-0.2, -0.15) is 10.4 Å². The second-order valence-corrected chi connectivity index (χ2v) is 4.94. The van der Waals surface area contributed by atoms with E-state index in [1.807, 2.05) is 16.9 Å². The fourth-order valence-electron chi connectivity index (χ4n) is 2.66. The van der Waals surface area contributed by atoms with E-state index in [4.69, 9.17) is 11.0 Å². The van der Waals surface area contributed by atoms with Gasteiger partial charge in [0.15, 0.2) is 0 Å². The molecule has 2 N–H and O–H groups in total. The van der Waals surface area contributed by atoms with Crippen LogP contribution in [0.25, 0.3) is 0 Å². The van der Waals surface area contributed by atoms with Gasteiger partial charge in [-0.05, 0) is 25.0 Å². The number of nitriles is 1. The van der Waals surface area contributed by atoms with Crippen LogP contribution in [0.5, 0.6) is 0 Å². The summed E-state index contributed by atoms with van der Waals surface area (Å²) in [6, 6.07) is 6.18. The molecule has 0 aromatic carbocycles. The van der Waals surface area contributed by atoms with Crippen molar-refractivity contribution in [3.05, 3.63) is 36.3 Å². The molecule has 2 aromatic rings. The van der Waals surface area contributed by atoms with E-state index in [9.17, 15) is 0 Å². The number of hydrogen-bond donors (Lipinski definition) is 1. The molecule has 0 saturated carbocycles. The first-order valence-corrected chi connectivity index (χ1v) is 6.67. The molecule has 1 aliphatic heterocycles. The van der Waals surface area contributed by atoms with Crippen molar-refractivity contribution in [3.8, 4) is 6.07 Å². The lowest BCUT2D eigenvalue weighted by atomic mass is 10.0. The van der Waals surface area contributed by atoms with E-state index in [0.717, 1.165) is 31.6 Å². The number of nitrogen functional groups attached to an aromatic ring is 1. The van der Waals surface area contributed by atoms with E-state index in [-0.39, 0.29) is 0 Å². The van der Waals surface area contributed by atoms with Gasteiger partial charge in [0.2, 0.25) is 0 Å². The Labute approximate surface area is 117 Å². The zero-order chi connectivity index (χ0) is 13.9. The van der Waals surface area contributed by atoms with E-state index in [1.54, 1.807) is 18.5 Å². The van der Waals surface area contributed by atoms with Crippen molar-refractivity contribution >= 4 is 11.5 Å². The number of pyridine rings is 1. The molecule has 0 atom stereocenters. The van der Waals surface area contributed by atoms with Gasteiger partial charge in [-0.25, -0.2) is 0 Å². The standard InChI is InChI=1S/C14H16N6/c15-9-11-1-5-17-10-13(11)19-6-2-12(3-7-19)20-8-4-14(16)18-20/h1,4-5,8,10,12H,2-3,6-7H2,(H2,16,18). The maximum atomic E-state index is 9.15. The highest BCUT2D eigenvalue weighted by atomic mass is 15.3. The van der Waals surface area contributed by atoms with Crippen molar-refractivity contribution in [2.45, 2.75) is 18.9 Å². The Balaban J connectivity index is 1.71. The number of nitrogens with two attached hydrogens (primary N) is 1. The lowest BCUT2D eigenvalue weighted by molar-refractivity contribution is 0.367. The molecule has 2 aromatic heterocycles. The molecule has 3 heterocycles. The van der Waals surface area contributed by atoms with Crippen LogP contribution in [0.4, 0.5) is 11.5 Å². The molecule has 0 bridgehead atoms. The molecule has 0 unspecified atom stereocenters. The number of rotatable bonds is 2. The number of anilines is 2. The zero-order valence-corrected chi connectivity index (χ0v) is 11.1. The minimum absolute atomic E-state index is 0.380. The first-order valence-electron chi connectivity index (χ1n) is 6.67. The van der Waals surface area contributed by atoms with Crippen molar-refractivity contribution in [1.82, 2.24) is 14.8 Å². The van der Waals surface area contributed by atoms with E-state index in [2.05, 4.69) is 21.1 Å². The topological polar surface area (TPSA) is 83.8 Å². The van der Waals surface area contributed by atoms with Crippen LogP contribution in [0, 0.1) is 11.3 Å². The quantitative estimate of drug-likeness (QED) is 0.893. The maximum absolute atomic E-state index is 9.15. The monoisotopic (exact) mass is 268 g/mol. The first kappa shape index (κ1) is 12.5. The second kappa shape index (κ2) is 5.21. The Morgan fingerprint density at radius 1 is 1.30 bits per heavy atom. The summed E-state index contributed by atoms with van der Waals surface area (Å²) in [4.78, 5) is 6.34. The van der Waals surface area contributed by atoms with Crippen molar-refractivity contribution in [2.75, 3.05) is 23.7 Å². The summed E-state index contributed by atoms with van der Waals surface area (Å²) in [6.07, 6.45) is 7.33. The first-order chi connectivity index (χ1) is 9.78. The van der Waals surface area contributed by atoms with Crippen LogP contribution >= 0.6 is 0 Å². The minimum Gasteiger partial charge on any atom is -0.382 e. The zero-order valence-electron chi connectivity index (χ0n) is 11.1. The van der Waals surface area contributed by atoms with E-state index in [0.29, 0.717) is 17.4 Å². The molecule has 0 spiro atoms. The molecule has 0 aliphatic carbocycles. The van der Waals surface area contributed by atoms with Gasteiger partial charge in [0, 0.05) is 25.5 Å². The van der Waals surface area contributed by atoms with E-state index < -0.39 is 0 Å².